The number of anilines is 4. The molecule has 3 aliphatic rings. The molecule has 2 heterocycles. The molecule has 10 nitrogen and oxygen atoms in total. The van der Waals surface area contributed by atoms with Crippen LogP contribution in [0.25, 0.3) is 11.1 Å². The van der Waals surface area contributed by atoms with E-state index in [4.69, 9.17) is 12.8 Å². The van der Waals surface area contributed by atoms with Crippen LogP contribution in [0.4, 0.5) is 22.7 Å². The molecule has 1 aliphatic carbocycles. The van der Waals surface area contributed by atoms with Gasteiger partial charge in [0.25, 0.3) is 35.4 Å². The maximum atomic E-state index is 13.7. The summed E-state index contributed by atoms with van der Waals surface area (Å²) in [6, 6.07) is 53.8. The summed E-state index contributed by atoms with van der Waals surface area (Å²) in [6.07, 6.45) is 11.1. The lowest BCUT2D eigenvalue weighted by molar-refractivity contribution is 0.0910. The van der Waals surface area contributed by atoms with E-state index in [0.29, 0.717) is 33.9 Å². The number of hydrogen-bond acceptors (Lipinski definition) is 6. The molecule has 2 aliphatic heterocycles. The molecule has 0 atom stereocenters. The molecule has 69 heavy (non-hydrogen) atoms. The van der Waals surface area contributed by atoms with E-state index in [1.54, 1.807) is 48.5 Å². The molecule has 0 saturated heterocycles. The summed E-state index contributed by atoms with van der Waals surface area (Å²) >= 11 is 0. The Morgan fingerprint density at radius 1 is 0.406 bits per heavy atom. The third kappa shape index (κ3) is 6.63. The van der Waals surface area contributed by atoms with Gasteiger partial charge in [-0.15, -0.1) is 12.8 Å². The van der Waals surface area contributed by atoms with Gasteiger partial charge in [0.15, 0.2) is 0 Å². The van der Waals surface area contributed by atoms with Crippen LogP contribution in [-0.4, -0.2) is 35.4 Å². The van der Waals surface area contributed by atoms with E-state index in [9.17, 15) is 28.8 Å². The summed E-state index contributed by atoms with van der Waals surface area (Å²) in [4.78, 5) is 83.4. The first-order valence-electron chi connectivity index (χ1n) is 21.8. The Morgan fingerprint density at radius 3 is 1.20 bits per heavy atom. The maximum Gasteiger partial charge on any atom is 0.266 e. The van der Waals surface area contributed by atoms with Crippen molar-refractivity contribution in [2.75, 3.05) is 20.4 Å². The van der Waals surface area contributed by atoms with E-state index < -0.39 is 40.9 Å². The van der Waals surface area contributed by atoms with Crippen LogP contribution in [0.15, 0.2) is 182 Å². The second-order valence-corrected chi connectivity index (χ2v) is 16.7. The predicted molar refractivity (Wildman–Crippen MR) is 264 cm³/mol. The number of hydrogen-bond donors (Lipinski definition) is 2. The van der Waals surface area contributed by atoms with Crippen LogP contribution in [0.2, 0.25) is 0 Å². The van der Waals surface area contributed by atoms with E-state index in [-0.39, 0.29) is 33.4 Å². The summed E-state index contributed by atoms with van der Waals surface area (Å²) in [7, 11) is 0. The van der Waals surface area contributed by atoms with Crippen molar-refractivity contribution in [2.24, 2.45) is 0 Å². The quantitative estimate of drug-likeness (QED) is 0.115. The minimum absolute atomic E-state index is 0.119. The number of carbonyl (C=O) groups excluding carboxylic acids is 6. The second kappa shape index (κ2) is 16.2. The molecule has 0 spiro atoms. The fourth-order valence-corrected chi connectivity index (χ4v) is 9.74. The minimum Gasteiger partial charge on any atom is -0.322 e. The molecule has 8 aromatic rings. The van der Waals surface area contributed by atoms with Crippen LogP contribution >= 0.6 is 0 Å². The Balaban J connectivity index is 0.868. The van der Waals surface area contributed by atoms with Crippen LogP contribution in [-0.2, 0) is 5.41 Å². The number of nitrogens with zero attached hydrogens (tertiary/aromatic N) is 2. The largest absolute Gasteiger partial charge is 0.322 e. The van der Waals surface area contributed by atoms with E-state index in [1.165, 1.54) is 36.4 Å². The van der Waals surface area contributed by atoms with Gasteiger partial charge in [0.05, 0.1) is 39.0 Å². The molecule has 0 aromatic heterocycles. The van der Waals surface area contributed by atoms with Crippen LogP contribution in [0, 0.1) is 24.7 Å². The fraction of sp³-hybridized carbons (Fsp3) is 0.0169. The van der Waals surface area contributed by atoms with Crippen molar-refractivity contribution in [1.29, 1.82) is 0 Å². The van der Waals surface area contributed by atoms with Gasteiger partial charge in [-0.1, -0.05) is 96.8 Å². The van der Waals surface area contributed by atoms with Crippen LogP contribution in [0.5, 0.6) is 0 Å². The number of imide groups is 2. The molecule has 11 rings (SSSR count). The Morgan fingerprint density at radius 2 is 0.797 bits per heavy atom. The highest BCUT2D eigenvalue weighted by Gasteiger charge is 2.46. The van der Waals surface area contributed by atoms with Gasteiger partial charge in [0, 0.05) is 33.6 Å². The van der Waals surface area contributed by atoms with Gasteiger partial charge >= 0.3 is 0 Å². The first-order valence-corrected chi connectivity index (χ1v) is 21.8. The van der Waals surface area contributed by atoms with E-state index >= 15 is 0 Å². The summed E-state index contributed by atoms with van der Waals surface area (Å²) < 4.78 is 0. The Labute approximate surface area is 395 Å². The zero-order valence-electron chi connectivity index (χ0n) is 36.3. The molecule has 326 valence electrons. The number of amides is 6. The zero-order chi connectivity index (χ0) is 47.6. The average molecular weight is 895 g/mol. The monoisotopic (exact) mass is 894 g/mol. The van der Waals surface area contributed by atoms with Crippen molar-refractivity contribution in [1.82, 2.24) is 0 Å². The minimum atomic E-state index is -0.810. The first-order chi connectivity index (χ1) is 33.6. The summed E-state index contributed by atoms with van der Waals surface area (Å²) in [5, 5.41) is 5.92. The Hall–Kier alpha value is -9.90. The molecular formula is C59H34N4O6. The third-order valence-electron chi connectivity index (χ3n) is 12.9. The number of terminal acetylenes is 2. The zero-order valence-corrected chi connectivity index (χ0v) is 36.3. The van der Waals surface area contributed by atoms with Crippen LogP contribution in [0.3, 0.4) is 0 Å². The second-order valence-electron chi connectivity index (χ2n) is 16.7. The summed E-state index contributed by atoms with van der Waals surface area (Å²) in [5.41, 5.74) is 9.06. The maximum absolute atomic E-state index is 13.7. The SMILES string of the molecule is C#Cc1cccc(N2C(=O)c3ccc(C(=O)Nc4ccc(C5(c6ccc(NC(=O)c7ccc8c(c7)C(=O)N(c7cccc(C#C)c7)C8=O)cc6)c6ccccc6-c6ccccc65)cc4)cc3C2=O)c1. The van der Waals surface area contributed by atoms with Gasteiger partial charge in [0.2, 0.25) is 0 Å². The lowest BCUT2D eigenvalue weighted by atomic mass is 9.67. The summed E-state index contributed by atoms with van der Waals surface area (Å²) in [5.74, 6) is 2.02. The van der Waals surface area contributed by atoms with Gasteiger partial charge in [0.1, 0.15) is 0 Å². The lowest BCUT2D eigenvalue weighted by Gasteiger charge is -2.34. The highest BCUT2D eigenvalue weighted by Crippen LogP contribution is 2.56. The van der Waals surface area contributed by atoms with Crippen molar-refractivity contribution < 1.29 is 28.8 Å². The number of nitrogens with one attached hydrogen (secondary N) is 2. The molecule has 2 N–H and O–H groups in total. The molecule has 0 saturated carbocycles. The van der Waals surface area contributed by atoms with Gasteiger partial charge in [-0.25, -0.2) is 9.80 Å². The third-order valence-corrected chi connectivity index (χ3v) is 12.9. The topological polar surface area (TPSA) is 133 Å². The highest BCUT2D eigenvalue weighted by molar-refractivity contribution is 6.35. The number of benzene rings is 8. The van der Waals surface area contributed by atoms with Crippen LogP contribution < -0.4 is 20.4 Å². The van der Waals surface area contributed by atoms with Crippen LogP contribution in [0.1, 0.15) is 95.5 Å². The molecule has 6 amide bonds. The molecular weight excluding hydrogens is 861 g/mol. The standard InChI is InChI=1S/C59H34N4O6/c1-3-35-11-9-13-43(31-35)62-55(66)47-29-19-37(33-49(47)57(62)68)53(64)60-41-25-21-39(22-26-41)59(51-17-7-5-15-45(51)46-16-6-8-18-52(46)59)40-23-27-42(28-24-40)61-54(65)38-20-30-48-50(34-38)58(69)63(56(48)67)44-14-10-12-36(4-2)32-44/h1-2,5-34H,(H,60,64)(H,61,65). The van der Waals surface area contributed by atoms with Gasteiger partial charge in [-0.2, -0.15) is 0 Å². The molecule has 0 unspecified atom stereocenters. The van der Waals surface area contributed by atoms with E-state index in [1.807, 2.05) is 72.8 Å². The molecule has 8 aromatic carbocycles. The lowest BCUT2D eigenvalue weighted by Crippen LogP contribution is -2.29. The van der Waals surface area contributed by atoms with E-state index in [2.05, 4.69) is 46.7 Å². The van der Waals surface area contributed by atoms with Gasteiger partial charge < -0.3 is 10.6 Å². The van der Waals surface area contributed by atoms with Crippen molar-refractivity contribution >= 4 is 58.2 Å². The molecule has 0 fully saturated rings. The van der Waals surface area contributed by atoms with E-state index in [0.717, 1.165) is 43.2 Å². The molecule has 0 bridgehead atoms. The normalized spacial score (nSPS) is 13.8. The highest BCUT2D eigenvalue weighted by atomic mass is 16.2. The molecule has 10 heteroatoms. The Kier molecular flexibility index (Phi) is 9.82. The van der Waals surface area contributed by atoms with Gasteiger partial charge in [-0.3, -0.25) is 28.8 Å². The first kappa shape index (κ1) is 41.8. The van der Waals surface area contributed by atoms with Crippen molar-refractivity contribution in [3.8, 4) is 35.8 Å². The number of fused-ring (bicyclic) bond motifs is 5. The summed E-state index contributed by atoms with van der Waals surface area (Å²) in [6.45, 7) is 0. The fourth-order valence-electron chi connectivity index (χ4n) is 9.74. The van der Waals surface area contributed by atoms with Crippen molar-refractivity contribution in [3.63, 3.8) is 0 Å². The Bertz CT molecular complexity index is 3430. The average Bonchev–Trinajstić information content (AvgIpc) is 3.94. The van der Waals surface area contributed by atoms with Crippen molar-refractivity contribution in [2.45, 2.75) is 5.41 Å². The number of carbonyl (C=O) groups is 6. The molecule has 0 radical (unpaired) electrons. The van der Waals surface area contributed by atoms with Crippen molar-refractivity contribution in [3.05, 3.63) is 249 Å². The smallest absolute Gasteiger partial charge is 0.266 e. The predicted octanol–water partition coefficient (Wildman–Crippen LogP) is 10.1. The number of rotatable bonds is 8. The van der Waals surface area contributed by atoms with Gasteiger partial charge in [-0.05, 0) is 130 Å².